The Morgan fingerprint density at radius 3 is 2.49 bits per heavy atom. The highest BCUT2D eigenvalue weighted by Gasteiger charge is 2.43. The summed E-state index contributed by atoms with van der Waals surface area (Å²) in [5, 5.41) is 11.4. The van der Waals surface area contributed by atoms with E-state index in [-0.39, 0.29) is 29.1 Å². The molecule has 0 aromatic heterocycles. The predicted molar refractivity (Wildman–Crippen MR) is 269 cm³/mol. The fourth-order valence-corrected chi connectivity index (χ4v) is 11.0. The van der Waals surface area contributed by atoms with Gasteiger partial charge in [-0.15, -0.1) is 11.8 Å². The van der Waals surface area contributed by atoms with E-state index in [1.54, 1.807) is 24.8 Å². The molecule has 3 atom stereocenters. The molecule has 2 aliphatic heterocycles. The first-order chi connectivity index (χ1) is 33.6. The van der Waals surface area contributed by atoms with Crippen LogP contribution in [0.2, 0.25) is 0 Å². The molecule has 2 aliphatic carbocycles. The number of esters is 2. The maximum absolute atomic E-state index is 14.2. The lowest BCUT2D eigenvalue weighted by molar-refractivity contribution is -0.130. The monoisotopic (exact) mass is 968 g/mol. The van der Waals surface area contributed by atoms with Crippen LogP contribution in [0.5, 0.6) is 17.2 Å². The molecule has 2 heterocycles. The number of epoxide rings is 1. The zero-order chi connectivity index (χ0) is 47.9. The molecule has 4 aliphatic rings. The number of halogens is 1. The topological polar surface area (TPSA) is 129 Å². The second-order valence-corrected chi connectivity index (χ2v) is 20.6. The number of carbonyl (C=O) groups excluding carboxylic acids is 2. The second-order valence-electron chi connectivity index (χ2n) is 18.4. The number of ether oxygens (including phenoxy) is 6. The summed E-state index contributed by atoms with van der Waals surface area (Å²) in [6.07, 6.45) is 9.46. The molecule has 0 bridgehead atoms. The van der Waals surface area contributed by atoms with Crippen molar-refractivity contribution in [2.75, 3.05) is 25.6 Å². The molecular weight excluding hydrogens is 912 g/mol. The van der Waals surface area contributed by atoms with E-state index >= 15 is 0 Å². The van der Waals surface area contributed by atoms with Crippen LogP contribution in [0.25, 0.3) is 10.8 Å². The summed E-state index contributed by atoms with van der Waals surface area (Å²) < 4.78 is 50.2. The minimum absolute atomic E-state index is 0.0412. The zero-order valence-electron chi connectivity index (χ0n) is 39.1. The lowest BCUT2D eigenvalue weighted by Crippen LogP contribution is -2.24. The summed E-state index contributed by atoms with van der Waals surface area (Å²) in [5.74, 6) is 2.65. The van der Waals surface area contributed by atoms with Gasteiger partial charge < -0.3 is 28.4 Å². The summed E-state index contributed by atoms with van der Waals surface area (Å²) in [6, 6.07) is 28.3. The van der Waals surface area contributed by atoms with Gasteiger partial charge >= 0.3 is 11.9 Å². The third kappa shape index (κ3) is 12.4. The molecule has 10 nitrogen and oxygen atoms in total. The predicted octanol–water partition coefficient (Wildman–Crippen LogP) is 12.8. The van der Waals surface area contributed by atoms with Crippen molar-refractivity contribution >= 4 is 57.2 Å². The summed E-state index contributed by atoms with van der Waals surface area (Å²) in [7, 11) is 0. The number of hydrogen-bond donors (Lipinski definition) is 0. The van der Waals surface area contributed by atoms with Gasteiger partial charge in [0, 0.05) is 36.5 Å². The number of hydrogen-bond acceptors (Lipinski definition) is 12. The molecular formula is C56H57FN2O8S2. The van der Waals surface area contributed by atoms with Gasteiger partial charge in [-0.1, -0.05) is 55.6 Å². The first-order valence-electron chi connectivity index (χ1n) is 24.1. The van der Waals surface area contributed by atoms with Crippen molar-refractivity contribution in [2.45, 2.75) is 113 Å². The number of aliphatic imine (C=N–C) groups is 1. The summed E-state index contributed by atoms with van der Waals surface area (Å²) >= 11 is 3.04. The smallest absolute Gasteiger partial charge is 0.338 e. The minimum atomic E-state index is -0.530. The second kappa shape index (κ2) is 22.4. The van der Waals surface area contributed by atoms with Crippen LogP contribution < -0.4 is 14.2 Å². The average molecular weight is 969 g/mol. The first-order valence-corrected chi connectivity index (χ1v) is 26.0. The third-order valence-corrected chi connectivity index (χ3v) is 15.1. The molecule has 69 heavy (non-hydrogen) atoms. The number of nitriles is 1. The van der Waals surface area contributed by atoms with E-state index in [9.17, 15) is 14.0 Å². The van der Waals surface area contributed by atoms with Gasteiger partial charge in [-0.3, -0.25) is 0 Å². The molecule has 0 radical (unpaired) electrons. The molecule has 5 aromatic rings. The summed E-state index contributed by atoms with van der Waals surface area (Å²) in [4.78, 5) is 32.3. The van der Waals surface area contributed by atoms with Crippen LogP contribution in [-0.2, 0) is 37.6 Å². The molecule has 0 spiro atoms. The Labute approximate surface area is 411 Å². The standard InChI is InChI=1S/C56H57FN2O8S2/c1-4-68-52-30-43(29-48(53(52)67-54(60)34(2)3)59-56-66-49-20-9-35(24-44(49)33-69-56)6-7-36-8-11-42(31-58)47(57)25-36)38-14-17-45(18-15-38)64-55(61)41-13-12-40-28-46(19-16-39(40)27-41)63-23-5-22-62-32-37-10-21-50-51(26-37)65-50/h8-9,11-13,16,19-20,24-25,27-30,37-38,45,50-51H,2,4-7,10,14-15,17-18,21-23,26,32-33H2,1,3H3. The van der Waals surface area contributed by atoms with Crippen molar-refractivity contribution in [2.24, 2.45) is 10.9 Å². The fourth-order valence-electron chi connectivity index (χ4n) is 9.40. The van der Waals surface area contributed by atoms with Gasteiger partial charge in [0.05, 0.1) is 34.8 Å². The van der Waals surface area contributed by atoms with Gasteiger partial charge in [0.15, 0.2) is 5.75 Å². The summed E-state index contributed by atoms with van der Waals surface area (Å²) in [6.45, 7) is 9.53. The maximum atomic E-state index is 14.2. The molecule has 2 saturated carbocycles. The molecule has 358 valence electrons. The molecule has 0 amide bonds. The van der Waals surface area contributed by atoms with Gasteiger partial charge in [-0.2, -0.15) is 5.26 Å². The highest BCUT2D eigenvalue weighted by molar-refractivity contribution is 8.13. The Hall–Kier alpha value is -5.65. The van der Waals surface area contributed by atoms with E-state index in [1.807, 2.05) is 60.7 Å². The van der Waals surface area contributed by atoms with Crippen molar-refractivity contribution in [3.8, 4) is 23.3 Å². The van der Waals surface area contributed by atoms with Crippen molar-refractivity contribution in [3.05, 3.63) is 136 Å². The Bertz CT molecular complexity index is 2800. The Kier molecular flexibility index (Phi) is 15.7. The number of nitrogens with zero attached hydrogens (tertiary/aromatic N) is 2. The minimum Gasteiger partial charge on any atom is -0.493 e. The highest BCUT2D eigenvalue weighted by atomic mass is 32.2. The van der Waals surface area contributed by atoms with E-state index in [0.29, 0.717) is 90.8 Å². The number of fused-ring (bicyclic) bond motifs is 3. The molecule has 0 N–H and O–H groups in total. The van der Waals surface area contributed by atoms with Crippen molar-refractivity contribution in [1.29, 1.82) is 5.26 Å². The number of thioether (sulfide) groups is 2. The van der Waals surface area contributed by atoms with Gasteiger partial charge in [-0.25, -0.2) is 19.0 Å². The molecule has 13 heteroatoms. The van der Waals surface area contributed by atoms with Crippen molar-refractivity contribution < 1.29 is 42.4 Å². The zero-order valence-corrected chi connectivity index (χ0v) is 40.8. The number of aryl methyl sites for hydroxylation is 2. The van der Waals surface area contributed by atoms with E-state index in [4.69, 9.17) is 38.7 Å². The highest BCUT2D eigenvalue weighted by Crippen LogP contribution is 2.46. The van der Waals surface area contributed by atoms with Crippen LogP contribution in [0.1, 0.15) is 109 Å². The summed E-state index contributed by atoms with van der Waals surface area (Å²) in [5.41, 5.74) is 5.36. The average Bonchev–Trinajstić information content (AvgIpc) is 4.14. The quantitative estimate of drug-likeness (QED) is 0.0208. The van der Waals surface area contributed by atoms with Crippen LogP contribution in [0.4, 0.5) is 10.1 Å². The number of rotatable bonds is 18. The largest absolute Gasteiger partial charge is 0.493 e. The SMILES string of the molecule is C=C(C)C(=O)Oc1c(N=C2Oc3ccc(CCc4ccc(C#N)c(F)c4)cc3CS2)cc(C2CCC(OC(=O)c3ccc4cc(OCCCOCC5CCC6OC6C5)ccc4c3)CC2)cc1SCC. The van der Waals surface area contributed by atoms with E-state index in [1.165, 1.54) is 36.7 Å². The molecule has 3 unspecified atom stereocenters. The Balaban J connectivity index is 0.807. The van der Waals surface area contributed by atoms with Crippen LogP contribution in [0.3, 0.4) is 0 Å². The number of benzene rings is 5. The lowest BCUT2D eigenvalue weighted by atomic mass is 9.82. The van der Waals surface area contributed by atoms with E-state index in [2.05, 4.69) is 25.6 Å². The van der Waals surface area contributed by atoms with E-state index < -0.39 is 11.8 Å². The Morgan fingerprint density at radius 1 is 0.913 bits per heavy atom. The lowest BCUT2D eigenvalue weighted by Gasteiger charge is -2.29. The van der Waals surface area contributed by atoms with Crippen LogP contribution in [0, 0.1) is 23.1 Å². The normalized spacial score (nSPS) is 21.1. The van der Waals surface area contributed by atoms with Crippen molar-refractivity contribution in [3.63, 3.8) is 0 Å². The van der Waals surface area contributed by atoms with Crippen molar-refractivity contribution in [1.82, 2.24) is 0 Å². The van der Waals surface area contributed by atoms with Crippen LogP contribution in [0.15, 0.2) is 107 Å². The third-order valence-electron chi connectivity index (χ3n) is 13.3. The fraction of sp³-hybridized carbons (Fsp3) is 0.393. The maximum Gasteiger partial charge on any atom is 0.338 e. The van der Waals surface area contributed by atoms with Gasteiger partial charge in [-0.05, 0) is 164 Å². The van der Waals surface area contributed by atoms with Gasteiger partial charge in [0.1, 0.15) is 35.2 Å². The molecule has 5 aromatic carbocycles. The molecule has 9 rings (SSSR count). The Morgan fingerprint density at radius 2 is 1.71 bits per heavy atom. The molecule has 1 saturated heterocycles. The van der Waals surface area contributed by atoms with Crippen LogP contribution >= 0.6 is 23.5 Å². The van der Waals surface area contributed by atoms with Gasteiger partial charge in [0.2, 0.25) is 0 Å². The van der Waals surface area contributed by atoms with Gasteiger partial charge in [0.25, 0.3) is 5.23 Å². The van der Waals surface area contributed by atoms with Crippen LogP contribution in [-0.4, -0.2) is 61.1 Å². The first kappa shape index (κ1) is 48.4. The number of carbonyl (C=O) groups is 2. The molecule has 3 fully saturated rings. The van der Waals surface area contributed by atoms with E-state index in [0.717, 1.165) is 81.7 Å².